The lowest BCUT2D eigenvalue weighted by Crippen LogP contribution is -2.20. The Hall–Kier alpha value is -1.89. The van der Waals surface area contributed by atoms with Gasteiger partial charge in [-0.15, -0.1) is 11.3 Å². The van der Waals surface area contributed by atoms with E-state index >= 15 is 0 Å². The fourth-order valence-corrected chi connectivity index (χ4v) is 3.50. The van der Waals surface area contributed by atoms with E-state index in [0.717, 1.165) is 36.0 Å². The summed E-state index contributed by atoms with van der Waals surface area (Å²) >= 11 is 1.34. The number of amides is 1. The standard InChI is InChI=1S/C17H17F3N2OS/c1-10-11(2)24-16(22(10)9-12-7-8-12)21-15(23)13-5-3-4-6-14(13)17(18,19)20/h3-6,12H,7-9H2,1-2H3/b21-16-. The second-order valence-electron chi connectivity index (χ2n) is 6.04. The number of carbonyl (C=O) groups is 1. The van der Waals surface area contributed by atoms with E-state index in [4.69, 9.17) is 0 Å². The topological polar surface area (TPSA) is 34.4 Å². The molecule has 7 heteroatoms. The average Bonchev–Trinajstić information content (AvgIpc) is 3.30. The monoisotopic (exact) mass is 354 g/mol. The molecular formula is C17H17F3N2OS. The van der Waals surface area contributed by atoms with E-state index in [1.807, 2.05) is 18.4 Å². The van der Waals surface area contributed by atoms with Crippen LogP contribution in [0.15, 0.2) is 29.3 Å². The number of rotatable bonds is 3. The zero-order chi connectivity index (χ0) is 17.5. The second kappa shape index (κ2) is 6.20. The highest BCUT2D eigenvalue weighted by Crippen LogP contribution is 2.32. The molecule has 3 rings (SSSR count). The molecule has 0 atom stereocenters. The first-order valence-electron chi connectivity index (χ1n) is 7.69. The summed E-state index contributed by atoms with van der Waals surface area (Å²) < 4.78 is 41.2. The highest BCUT2D eigenvalue weighted by atomic mass is 32.1. The van der Waals surface area contributed by atoms with Crippen LogP contribution in [0.3, 0.4) is 0 Å². The first-order chi connectivity index (χ1) is 11.3. The maximum Gasteiger partial charge on any atom is 0.417 e. The van der Waals surface area contributed by atoms with Crippen molar-refractivity contribution < 1.29 is 18.0 Å². The number of hydrogen-bond acceptors (Lipinski definition) is 2. The molecule has 0 saturated heterocycles. The third kappa shape index (κ3) is 3.45. The van der Waals surface area contributed by atoms with E-state index in [0.29, 0.717) is 10.7 Å². The normalized spacial score (nSPS) is 15.8. The summed E-state index contributed by atoms with van der Waals surface area (Å²) in [6, 6.07) is 4.77. The first-order valence-corrected chi connectivity index (χ1v) is 8.51. The molecule has 0 bridgehead atoms. The average molecular weight is 354 g/mol. The van der Waals surface area contributed by atoms with Crippen molar-refractivity contribution in [2.75, 3.05) is 0 Å². The molecule has 3 nitrogen and oxygen atoms in total. The van der Waals surface area contributed by atoms with Gasteiger partial charge in [-0.2, -0.15) is 18.2 Å². The van der Waals surface area contributed by atoms with E-state index in [9.17, 15) is 18.0 Å². The minimum Gasteiger partial charge on any atom is -0.320 e. The van der Waals surface area contributed by atoms with Crippen molar-refractivity contribution in [2.24, 2.45) is 10.9 Å². The number of nitrogens with zero attached hydrogens (tertiary/aromatic N) is 2. The number of benzene rings is 1. The molecule has 1 saturated carbocycles. The van der Waals surface area contributed by atoms with Crippen molar-refractivity contribution in [1.29, 1.82) is 0 Å². The van der Waals surface area contributed by atoms with Gasteiger partial charge in [0, 0.05) is 17.1 Å². The highest BCUT2D eigenvalue weighted by molar-refractivity contribution is 7.09. The van der Waals surface area contributed by atoms with Crippen molar-refractivity contribution in [3.05, 3.63) is 50.8 Å². The fraction of sp³-hybridized carbons (Fsp3) is 0.412. The molecule has 0 radical (unpaired) electrons. The van der Waals surface area contributed by atoms with Crippen LogP contribution in [0.2, 0.25) is 0 Å². The van der Waals surface area contributed by atoms with Crippen molar-refractivity contribution >= 4 is 17.2 Å². The quantitative estimate of drug-likeness (QED) is 0.807. The Labute approximate surface area is 141 Å². The summed E-state index contributed by atoms with van der Waals surface area (Å²) in [6.45, 7) is 4.64. The molecule has 1 aromatic carbocycles. The molecule has 0 unspecified atom stereocenters. The molecule has 2 aromatic rings. The summed E-state index contributed by atoms with van der Waals surface area (Å²) in [5, 5.41) is 0. The predicted molar refractivity (Wildman–Crippen MR) is 85.8 cm³/mol. The van der Waals surface area contributed by atoms with Crippen LogP contribution in [-0.2, 0) is 12.7 Å². The van der Waals surface area contributed by atoms with Crippen LogP contribution in [0.1, 0.15) is 39.3 Å². The molecule has 24 heavy (non-hydrogen) atoms. The SMILES string of the molecule is Cc1s/c(=N\C(=O)c2ccccc2C(F)(F)F)n(CC2CC2)c1C. The zero-order valence-corrected chi connectivity index (χ0v) is 14.2. The zero-order valence-electron chi connectivity index (χ0n) is 13.4. The lowest BCUT2D eigenvalue weighted by Gasteiger charge is -2.10. The number of aryl methyl sites for hydroxylation is 1. The maximum atomic E-state index is 13.1. The Morgan fingerprint density at radius 3 is 2.58 bits per heavy atom. The largest absolute Gasteiger partial charge is 0.417 e. The van der Waals surface area contributed by atoms with Gasteiger partial charge in [-0.1, -0.05) is 12.1 Å². The van der Waals surface area contributed by atoms with E-state index in [-0.39, 0.29) is 0 Å². The smallest absolute Gasteiger partial charge is 0.320 e. The molecule has 1 fully saturated rings. The number of aromatic nitrogens is 1. The van der Waals surface area contributed by atoms with Gasteiger partial charge >= 0.3 is 6.18 Å². The molecule has 1 heterocycles. The summed E-state index contributed by atoms with van der Waals surface area (Å²) in [6.07, 6.45) is -2.29. The number of thiazole rings is 1. The van der Waals surface area contributed by atoms with Crippen LogP contribution < -0.4 is 4.80 Å². The third-order valence-corrected chi connectivity index (χ3v) is 5.28. The molecule has 0 spiro atoms. The first kappa shape index (κ1) is 17.0. The van der Waals surface area contributed by atoms with Crippen LogP contribution in [0.4, 0.5) is 13.2 Å². The molecule has 1 aliphatic rings. The Morgan fingerprint density at radius 2 is 1.96 bits per heavy atom. The van der Waals surface area contributed by atoms with E-state index in [1.165, 1.54) is 29.5 Å². The Kier molecular flexibility index (Phi) is 4.38. The molecule has 0 N–H and O–H groups in total. The Morgan fingerprint density at radius 1 is 1.29 bits per heavy atom. The molecule has 128 valence electrons. The Balaban J connectivity index is 2.04. The summed E-state index contributed by atoms with van der Waals surface area (Å²) in [7, 11) is 0. The summed E-state index contributed by atoms with van der Waals surface area (Å²) in [5.74, 6) is -0.275. The lowest BCUT2D eigenvalue weighted by molar-refractivity contribution is -0.137. The van der Waals surface area contributed by atoms with Crippen molar-refractivity contribution in [2.45, 2.75) is 39.4 Å². The predicted octanol–water partition coefficient (Wildman–Crippen LogP) is 4.34. The summed E-state index contributed by atoms with van der Waals surface area (Å²) in [5.41, 5.74) is -0.341. The summed E-state index contributed by atoms with van der Waals surface area (Å²) in [4.78, 5) is 17.9. The van der Waals surface area contributed by atoms with Crippen LogP contribution in [0.25, 0.3) is 0 Å². The second-order valence-corrected chi connectivity index (χ2v) is 7.22. The third-order valence-electron chi connectivity index (χ3n) is 4.19. The number of alkyl halides is 3. The minimum atomic E-state index is -4.58. The van der Waals surface area contributed by atoms with Crippen LogP contribution in [-0.4, -0.2) is 10.5 Å². The van der Waals surface area contributed by atoms with Crippen molar-refractivity contribution in [3.63, 3.8) is 0 Å². The van der Waals surface area contributed by atoms with E-state index in [1.54, 1.807) is 0 Å². The van der Waals surface area contributed by atoms with E-state index in [2.05, 4.69) is 4.99 Å². The van der Waals surface area contributed by atoms with Gasteiger partial charge in [0.15, 0.2) is 4.80 Å². The van der Waals surface area contributed by atoms with Crippen LogP contribution >= 0.6 is 11.3 Å². The molecule has 1 amide bonds. The van der Waals surface area contributed by atoms with Gasteiger partial charge in [0.1, 0.15) is 0 Å². The van der Waals surface area contributed by atoms with Gasteiger partial charge in [0.05, 0.1) is 11.1 Å². The number of halogens is 3. The van der Waals surface area contributed by atoms with Crippen LogP contribution in [0, 0.1) is 19.8 Å². The van der Waals surface area contributed by atoms with Gasteiger partial charge in [-0.05, 0) is 44.7 Å². The molecule has 1 aromatic heterocycles. The fourth-order valence-electron chi connectivity index (χ4n) is 2.52. The molecule has 0 aliphatic heterocycles. The van der Waals surface area contributed by atoms with Crippen molar-refractivity contribution in [1.82, 2.24) is 4.57 Å². The number of hydrogen-bond donors (Lipinski definition) is 0. The van der Waals surface area contributed by atoms with Crippen LogP contribution in [0.5, 0.6) is 0 Å². The van der Waals surface area contributed by atoms with Gasteiger partial charge in [0.25, 0.3) is 5.91 Å². The maximum absolute atomic E-state index is 13.1. The van der Waals surface area contributed by atoms with E-state index < -0.39 is 23.2 Å². The van der Waals surface area contributed by atoms with Gasteiger partial charge in [-0.3, -0.25) is 4.79 Å². The Bertz CT molecular complexity index is 844. The highest BCUT2D eigenvalue weighted by Gasteiger charge is 2.34. The molecular weight excluding hydrogens is 337 g/mol. The lowest BCUT2D eigenvalue weighted by atomic mass is 10.1. The molecule has 1 aliphatic carbocycles. The van der Waals surface area contributed by atoms with Crippen molar-refractivity contribution in [3.8, 4) is 0 Å². The van der Waals surface area contributed by atoms with Gasteiger partial charge in [-0.25, -0.2) is 0 Å². The van der Waals surface area contributed by atoms with Gasteiger partial charge in [0.2, 0.25) is 0 Å². The number of carbonyl (C=O) groups excluding carboxylic acids is 1. The van der Waals surface area contributed by atoms with Gasteiger partial charge < -0.3 is 4.57 Å². The minimum absolute atomic E-state index is 0.410.